The minimum atomic E-state index is -0.446. The molecule has 22 heavy (non-hydrogen) atoms. The molecule has 0 saturated heterocycles. The Kier molecular flexibility index (Phi) is 8.49. The Bertz CT molecular complexity index is 460. The van der Waals surface area contributed by atoms with Crippen molar-refractivity contribution in [1.29, 1.82) is 0 Å². The first kappa shape index (κ1) is 17.8. The summed E-state index contributed by atoms with van der Waals surface area (Å²) in [5.74, 6) is 0.668. The highest BCUT2D eigenvalue weighted by Crippen LogP contribution is 2.11. The number of methoxy groups -OCH3 is 1. The first-order chi connectivity index (χ1) is 10.7. The smallest absolute Gasteiger partial charge is 0.407 e. The van der Waals surface area contributed by atoms with Gasteiger partial charge in [-0.3, -0.25) is 4.79 Å². The summed E-state index contributed by atoms with van der Waals surface area (Å²) in [6.07, 6.45) is 1.68. The average molecular weight is 308 g/mol. The lowest BCUT2D eigenvalue weighted by Gasteiger charge is -2.08. The van der Waals surface area contributed by atoms with Crippen LogP contribution in [-0.2, 0) is 16.0 Å². The number of alkyl carbamates (subject to hydrolysis) is 1. The van der Waals surface area contributed by atoms with Crippen LogP contribution in [0.15, 0.2) is 24.3 Å². The number of benzene rings is 1. The summed E-state index contributed by atoms with van der Waals surface area (Å²) in [6.45, 7) is 3.17. The molecule has 0 atom stereocenters. The average Bonchev–Trinajstić information content (AvgIpc) is 2.52. The Labute approximate surface area is 131 Å². The number of carbonyl (C=O) groups is 2. The number of nitrogens with one attached hydrogen (secondary N) is 2. The van der Waals surface area contributed by atoms with E-state index >= 15 is 0 Å². The van der Waals surface area contributed by atoms with Gasteiger partial charge in [0.2, 0.25) is 5.91 Å². The lowest BCUT2D eigenvalue weighted by molar-refractivity contribution is -0.120. The number of rotatable bonds is 9. The van der Waals surface area contributed by atoms with Gasteiger partial charge in [0.1, 0.15) is 5.75 Å². The molecule has 0 unspecified atom stereocenters. The van der Waals surface area contributed by atoms with Gasteiger partial charge in [-0.15, -0.1) is 0 Å². The van der Waals surface area contributed by atoms with E-state index in [-0.39, 0.29) is 5.91 Å². The Balaban J connectivity index is 2.13. The maximum absolute atomic E-state index is 11.7. The van der Waals surface area contributed by atoms with Crippen LogP contribution >= 0.6 is 0 Å². The molecule has 1 aromatic rings. The minimum Gasteiger partial charge on any atom is -0.497 e. The zero-order chi connectivity index (χ0) is 16.2. The highest BCUT2D eigenvalue weighted by molar-refractivity contribution is 5.78. The summed E-state index contributed by atoms with van der Waals surface area (Å²) in [5, 5.41) is 5.33. The molecule has 0 radical (unpaired) electrons. The molecule has 0 heterocycles. The molecule has 6 heteroatoms. The normalized spacial score (nSPS) is 9.91. The number of ether oxygens (including phenoxy) is 2. The quantitative estimate of drug-likeness (QED) is 0.683. The van der Waals surface area contributed by atoms with E-state index in [9.17, 15) is 9.59 Å². The van der Waals surface area contributed by atoms with Crippen LogP contribution in [0.2, 0.25) is 0 Å². The van der Waals surface area contributed by atoms with E-state index < -0.39 is 6.09 Å². The van der Waals surface area contributed by atoms with E-state index in [2.05, 4.69) is 10.6 Å². The molecule has 0 bridgehead atoms. The standard InChI is InChI=1S/C16H24N2O4/c1-3-4-11-22-16(20)18-10-9-17-15(19)12-13-5-7-14(21-2)8-6-13/h5-8H,3-4,9-12H2,1-2H3,(H,17,19)(H,18,20). The van der Waals surface area contributed by atoms with Crippen molar-refractivity contribution in [1.82, 2.24) is 10.6 Å². The van der Waals surface area contributed by atoms with Gasteiger partial charge in [-0.25, -0.2) is 4.79 Å². The first-order valence-electron chi connectivity index (χ1n) is 7.46. The van der Waals surface area contributed by atoms with E-state index in [0.29, 0.717) is 26.1 Å². The number of carbonyl (C=O) groups excluding carboxylic acids is 2. The van der Waals surface area contributed by atoms with Crippen molar-refractivity contribution < 1.29 is 19.1 Å². The van der Waals surface area contributed by atoms with E-state index in [0.717, 1.165) is 24.2 Å². The van der Waals surface area contributed by atoms with Crippen LogP contribution in [0.4, 0.5) is 4.79 Å². The van der Waals surface area contributed by atoms with E-state index in [1.54, 1.807) is 7.11 Å². The Morgan fingerprint density at radius 1 is 1.09 bits per heavy atom. The molecule has 0 aliphatic rings. The predicted molar refractivity (Wildman–Crippen MR) is 84.0 cm³/mol. The Hall–Kier alpha value is -2.24. The van der Waals surface area contributed by atoms with E-state index in [1.807, 2.05) is 31.2 Å². The van der Waals surface area contributed by atoms with Crippen molar-refractivity contribution in [3.8, 4) is 5.75 Å². The highest BCUT2D eigenvalue weighted by Gasteiger charge is 2.04. The molecule has 1 rings (SSSR count). The van der Waals surface area contributed by atoms with Crippen LogP contribution in [0.25, 0.3) is 0 Å². The number of unbranched alkanes of at least 4 members (excludes halogenated alkanes) is 1. The van der Waals surface area contributed by atoms with E-state index in [1.165, 1.54) is 0 Å². The molecule has 1 aromatic carbocycles. The van der Waals surface area contributed by atoms with Gasteiger partial charge in [0.25, 0.3) is 0 Å². The second-order valence-electron chi connectivity index (χ2n) is 4.79. The molecule has 0 aromatic heterocycles. The van der Waals surface area contributed by atoms with Crippen molar-refractivity contribution in [2.24, 2.45) is 0 Å². The van der Waals surface area contributed by atoms with Crippen LogP contribution < -0.4 is 15.4 Å². The topological polar surface area (TPSA) is 76.7 Å². The van der Waals surface area contributed by atoms with Gasteiger partial charge in [-0.1, -0.05) is 25.5 Å². The molecule has 0 saturated carbocycles. The molecular formula is C16H24N2O4. The molecule has 2 amide bonds. The van der Waals surface area contributed by atoms with Crippen molar-refractivity contribution in [2.45, 2.75) is 26.2 Å². The summed E-state index contributed by atoms with van der Waals surface area (Å²) in [7, 11) is 1.60. The van der Waals surface area contributed by atoms with Gasteiger partial charge in [-0.05, 0) is 24.1 Å². The summed E-state index contributed by atoms with van der Waals surface area (Å²) in [4.78, 5) is 23.0. The molecule has 0 fully saturated rings. The fourth-order valence-electron chi connectivity index (χ4n) is 1.72. The van der Waals surface area contributed by atoms with Gasteiger partial charge in [0, 0.05) is 13.1 Å². The summed E-state index contributed by atoms with van der Waals surface area (Å²) < 4.78 is 9.99. The fourth-order valence-corrected chi connectivity index (χ4v) is 1.72. The highest BCUT2D eigenvalue weighted by atomic mass is 16.5. The predicted octanol–water partition coefficient (Wildman–Crippen LogP) is 1.88. The van der Waals surface area contributed by atoms with Crippen molar-refractivity contribution in [2.75, 3.05) is 26.8 Å². The lowest BCUT2D eigenvalue weighted by atomic mass is 10.1. The van der Waals surface area contributed by atoms with Gasteiger partial charge >= 0.3 is 6.09 Å². The van der Waals surface area contributed by atoms with Crippen LogP contribution in [0.5, 0.6) is 5.75 Å². The monoisotopic (exact) mass is 308 g/mol. The van der Waals surface area contributed by atoms with Gasteiger partial charge < -0.3 is 20.1 Å². The SMILES string of the molecule is CCCCOC(=O)NCCNC(=O)Cc1ccc(OC)cc1. The third-order valence-corrected chi connectivity index (χ3v) is 2.97. The molecule has 122 valence electrons. The second kappa shape index (κ2) is 10.5. The van der Waals surface area contributed by atoms with Crippen LogP contribution in [0.1, 0.15) is 25.3 Å². The van der Waals surface area contributed by atoms with Crippen molar-refractivity contribution in [3.63, 3.8) is 0 Å². The molecule has 0 spiro atoms. The molecule has 6 nitrogen and oxygen atoms in total. The lowest BCUT2D eigenvalue weighted by Crippen LogP contribution is -2.35. The Morgan fingerprint density at radius 3 is 2.41 bits per heavy atom. The van der Waals surface area contributed by atoms with Gasteiger partial charge in [-0.2, -0.15) is 0 Å². The van der Waals surface area contributed by atoms with Crippen molar-refractivity contribution in [3.05, 3.63) is 29.8 Å². The van der Waals surface area contributed by atoms with Crippen LogP contribution in [0.3, 0.4) is 0 Å². The number of hydrogen-bond donors (Lipinski definition) is 2. The number of hydrogen-bond acceptors (Lipinski definition) is 4. The minimum absolute atomic E-state index is 0.0914. The maximum Gasteiger partial charge on any atom is 0.407 e. The third kappa shape index (κ3) is 7.52. The Morgan fingerprint density at radius 2 is 1.77 bits per heavy atom. The maximum atomic E-state index is 11.7. The van der Waals surface area contributed by atoms with Gasteiger partial charge in [0.05, 0.1) is 20.1 Å². The molecule has 0 aliphatic heterocycles. The summed E-state index contributed by atoms with van der Waals surface area (Å²) in [5.41, 5.74) is 0.908. The van der Waals surface area contributed by atoms with Crippen LogP contribution in [-0.4, -0.2) is 38.8 Å². The summed E-state index contributed by atoms with van der Waals surface area (Å²) in [6, 6.07) is 7.33. The third-order valence-electron chi connectivity index (χ3n) is 2.97. The zero-order valence-electron chi connectivity index (χ0n) is 13.2. The largest absolute Gasteiger partial charge is 0.497 e. The number of amides is 2. The molecular weight excluding hydrogens is 284 g/mol. The molecule has 0 aliphatic carbocycles. The van der Waals surface area contributed by atoms with Crippen molar-refractivity contribution >= 4 is 12.0 Å². The summed E-state index contributed by atoms with van der Waals surface area (Å²) >= 11 is 0. The molecule has 2 N–H and O–H groups in total. The van der Waals surface area contributed by atoms with Gasteiger partial charge in [0.15, 0.2) is 0 Å². The van der Waals surface area contributed by atoms with E-state index in [4.69, 9.17) is 9.47 Å². The fraction of sp³-hybridized carbons (Fsp3) is 0.500. The first-order valence-corrected chi connectivity index (χ1v) is 7.46. The zero-order valence-corrected chi connectivity index (χ0v) is 13.2. The second-order valence-corrected chi connectivity index (χ2v) is 4.79. The van der Waals surface area contributed by atoms with Crippen LogP contribution in [0, 0.1) is 0 Å².